The van der Waals surface area contributed by atoms with Crippen molar-refractivity contribution in [1.29, 1.82) is 0 Å². The third-order valence-electron chi connectivity index (χ3n) is 11.3. The summed E-state index contributed by atoms with van der Waals surface area (Å²) in [7, 11) is 0. The van der Waals surface area contributed by atoms with Crippen LogP contribution in [0.4, 0.5) is 0 Å². The second-order valence-electron chi connectivity index (χ2n) is 17.7. The number of carbonyl (C=O) groups excluding carboxylic acids is 3. The molecule has 0 radical (unpaired) electrons. The van der Waals surface area contributed by atoms with E-state index in [-0.39, 0.29) is 37.5 Å². The van der Waals surface area contributed by atoms with Gasteiger partial charge in [-0.05, 0) is 89.9 Å². The van der Waals surface area contributed by atoms with Crippen molar-refractivity contribution in [3.8, 4) is 0 Å². The van der Waals surface area contributed by atoms with E-state index in [4.69, 9.17) is 14.2 Å². The van der Waals surface area contributed by atoms with E-state index in [1.165, 1.54) is 89.9 Å². The molecule has 0 aromatic rings. The van der Waals surface area contributed by atoms with Gasteiger partial charge in [0.15, 0.2) is 6.10 Å². The molecule has 0 saturated carbocycles. The smallest absolute Gasteiger partial charge is 0.306 e. The maximum absolute atomic E-state index is 12.8. The van der Waals surface area contributed by atoms with Crippen molar-refractivity contribution in [2.75, 3.05) is 13.2 Å². The van der Waals surface area contributed by atoms with Gasteiger partial charge in [0.2, 0.25) is 0 Å². The molecule has 1 atom stereocenters. The van der Waals surface area contributed by atoms with Crippen LogP contribution in [0.3, 0.4) is 0 Å². The molecule has 6 heteroatoms. The first-order chi connectivity index (χ1) is 33.0. The van der Waals surface area contributed by atoms with Crippen molar-refractivity contribution in [2.24, 2.45) is 0 Å². The van der Waals surface area contributed by atoms with Gasteiger partial charge in [0.25, 0.3) is 0 Å². The molecule has 0 bridgehead atoms. The Labute approximate surface area is 412 Å². The van der Waals surface area contributed by atoms with Crippen molar-refractivity contribution in [3.63, 3.8) is 0 Å². The van der Waals surface area contributed by atoms with E-state index in [0.29, 0.717) is 19.3 Å². The third-order valence-corrected chi connectivity index (χ3v) is 11.3. The first-order valence-electron chi connectivity index (χ1n) is 27.4. The second kappa shape index (κ2) is 54.7. The zero-order chi connectivity index (χ0) is 48.6. The first-order valence-corrected chi connectivity index (χ1v) is 27.4. The normalized spacial score (nSPS) is 12.9. The standard InChI is InChI=1S/C61H100O6/c1-4-7-10-13-16-19-22-25-27-29-30-32-33-36-39-42-45-48-51-54-60(63)66-57-58(56-65-59(62)53-50-47-44-41-38-35-24-21-18-15-12-9-6-3)67-61(64)55-52-49-46-43-40-37-34-31-28-26-23-20-17-14-11-8-5-2/h7,9-10,12,16,18-19,21,25,27,30,32,35-36,38-39,45,48,58H,4-6,8,11,13-15,17,20,22-24,26,28-29,31,33-34,37,40-44,46-47,49-57H2,1-3H3/b10-7-,12-9-,19-16-,21-18-,27-25-,32-30-,38-35-,39-36-,48-45-. The topological polar surface area (TPSA) is 78.9 Å². The van der Waals surface area contributed by atoms with Gasteiger partial charge in [0.05, 0.1) is 0 Å². The lowest BCUT2D eigenvalue weighted by Gasteiger charge is -2.18. The minimum atomic E-state index is -0.820. The number of ether oxygens (including phenoxy) is 3. The first kappa shape index (κ1) is 63.1. The Kier molecular flexibility index (Phi) is 51.5. The van der Waals surface area contributed by atoms with E-state index in [1.807, 2.05) is 6.08 Å². The van der Waals surface area contributed by atoms with Crippen LogP contribution in [0, 0.1) is 0 Å². The molecule has 0 aromatic carbocycles. The monoisotopic (exact) mass is 929 g/mol. The number of allylic oxidation sites excluding steroid dienone is 18. The summed E-state index contributed by atoms with van der Waals surface area (Å²) >= 11 is 0. The summed E-state index contributed by atoms with van der Waals surface area (Å²) in [5.74, 6) is -1.03. The fourth-order valence-electron chi connectivity index (χ4n) is 7.25. The van der Waals surface area contributed by atoms with Crippen molar-refractivity contribution in [1.82, 2.24) is 0 Å². The Balaban J connectivity index is 4.52. The molecule has 0 fully saturated rings. The Hall–Kier alpha value is -3.93. The molecule has 0 aromatic heterocycles. The molecule has 0 rings (SSSR count). The zero-order valence-electron chi connectivity index (χ0n) is 43.4. The lowest BCUT2D eigenvalue weighted by Crippen LogP contribution is -2.30. The number of unbranched alkanes of at least 4 members (excludes halogenated alkanes) is 19. The largest absolute Gasteiger partial charge is 0.462 e. The Morgan fingerprint density at radius 3 is 1.00 bits per heavy atom. The van der Waals surface area contributed by atoms with Gasteiger partial charge in [-0.15, -0.1) is 0 Å². The minimum absolute atomic E-state index is 0.117. The average Bonchev–Trinajstić information content (AvgIpc) is 3.33. The lowest BCUT2D eigenvalue weighted by molar-refractivity contribution is -0.166. The summed E-state index contributed by atoms with van der Waals surface area (Å²) in [6, 6.07) is 0. The number of rotatable bonds is 48. The van der Waals surface area contributed by atoms with Gasteiger partial charge in [-0.3, -0.25) is 14.4 Å². The zero-order valence-corrected chi connectivity index (χ0v) is 43.4. The molecule has 0 saturated heterocycles. The molecule has 0 aliphatic rings. The van der Waals surface area contributed by atoms with E-state index in [0.717, 1.165) is 103 Å². The number of hydrogen-bond acceptors (Lipinski definition) is 6. The van der Waals surface area contributed by atoms with Gasteiger partial charge < -0.3 is 14.2 Å². The quantitative estimate of drug-likeness (QED) is 0.0262. The predicted octanol–water partition coefficient (Wildman–Crippen LogP) is 18.3. The summed E-state index contributed by atoms with van der Waals surface area (Å²) < 4.78 is 16.7. The van der Waals surface area contributed by atoms with E-state index >= 15 is 0 Å². The lowest BCUT2D eigenvalue weighted by atomic mass is 10.0. The van der Waals surface area contributed by atoms with Gasteiger partial charge in [0, 0.05) is 19.3 Å². The van der Waals surface area contributed by atoms with E-state index in [9.17, 15) is 14.4 Å². The summed E-state index contributed by atoms with van der Waals surface area (Å²) in [5.41, 5.74) is 0. The molecule has 380 valence electrons. The van der Waals surface area contributed by atoms with Crippen LogP contribution < -0.4 is 0 Å². The molecule has 0 amide bonds. The Morgan fingerprint density at radius 2 is 0.612 bits per heavy atom. The van der Waals surface area contributed by atoms with Gasteiger partial charge in [-0.2, -0.15) is 0 Å². The summed E-state index contributed by atoms with van der Waals surface area (Å²) in [4.78, 5) is 38.0. The highest BCUT2D eigenvalue weighted by Gasteiger charge is 2.19. The molecule has 1 unspecified atom stereocenters. The van der Waals surface area contributed by atoms with Gasteiger partial charge in [-0.1, -0.05) is 239 Å². The highest BCUT2D eigenvalue weighted by molar-refractivity contribution is 5.71. The van der Waals surface area contributed by atoms with Crippen LogP contribution in [0.5, 0.6) is 0 Å². The number of hydrogen-bond donors (Lipinski definition) is 0. The van der Waals surface area contributed by atoms with Gasteiger partial charge in [0.1, 0.15) is 13.2 Å². The van der Waals surface area contributed by atoms with Gasteiger partial charge in [-0.25, -0.2) is 0 Å². The Morgan fingerprint density at radius 1 is 0.313 bits per heavy atom. The molecule has 0 heterocycles. The van der Waals surface area contributed by atoms with E-state index in [2.05, 4.69) is 124 Å². The summed E-state index contributed by atoms with van der Waals surface area (Å²) in [6.07, 6.45) is 73.8. The molecule has 0 aliphatic heterocycles. The molecule has 0 spiro atoms. The van der Waals surface area contributed by atoms with Crippen LogP contribution in [0.25, 0.3) is 0 Å². The highest BCUT2D eigenvalue weighted by Crippen LogP contribution is 2.15. The SMILES string of the molecule is CC/C=C\C/C=C\C/C=C\C/C=C\C/C=C\C/C=C\CCC(=O)OCC(COC(=O)CCCCC/C=C\C/C=C\C/C=C\CC)OC(=O)CCCCCCCCCCCCCCCCCCC. The van der Waals surface area contributed by atoms with Crippen LogP contribution in [-0.4, -0.2) is 37.2 Å². The summed E-state index contributed by atoms with van der Waals surface area (Å²) in [6.45, 7) is 6.32. The molecule has 67 heavy (non-hydrogen) atoms. The number of esters is 3. The molecule has 0 N–H and O–H groups in total. The van der Waals surface area contributed by atoms with E-state index in [1.54, 1.807) is 0 Å². The van der Waals surface area contributed by atoms with Crippen molar-refractivity contribution in [3.05, 3.63) is 109 Å². The second-order valence-corrected chi connectivity index (χ2v) is 17.7. The van der Waals surface area contributed by atoms with Crippen molar-refractivity contribution >= 4 is 17.9 Å². The number of carbonyl (C=O) groups is 3. The van der Waals surface area contributed by atoms with Crippen molar-refractivity contribution < 1.29 is 28.6 Å². The molecular formula is C61H100O6. The average molecular weight is 929 g/mol. The van der Waals surface area contributed by atoms with Crippen LogP contribution in [0.2, 0.25) is 0 Å². The van der Waals surface area contributed by atoms with Crippen molar-refractivity contribution in [2.45, 2.75) is 245 Å². The minimum Gasteiger partial charge on any atom is -0.462 e. The predicted molar refractivity (Wildman–Crippen MR) is 288 cm³/mol. The Bertz CT molecular complexity index is 1390. The fourth-order valence-corrected chi connectivity index (χ4v) is 7.25. The molecular weight excluding hydrogens is 829 g/mol. The molecule has 0 aliphatic carbocycles. The molecule has 6 nitrogen and oxygen atoms in total. The summed E-state index contributed by atoms with van der Waals surface area (Å²) in [5, 5.41) is 0. The highest BCUT2D eigenvalue weighted by atomic mass is 16.6. The van der Waals surface area contributed by atoms with E-state index < -0.39 is 6.10 Å². The van der Waals surface area contributed by atoms with Crippen LogP contribution in [0.1, 0.15) is 239 Å². The van der Waals surface area contributed by atoms with Crippen LogP contribution >= 0.6 is 0 Å². The maximum atomic E-state index is 12.8. The van der Waals surface area contributed by atoms with Crippen LogP contribution in [0.15, 0.2) is 109 Å². The van der Waals surface area contributed by atoms with Crippen LogP contribution in [-0.2, 0) is 28.6 Å². The maximum Gasteiger partial charge on any atom is 0.306 e. The van der Waals surface area contributed by atoms with Gasteiger partial charge >= 0.3 is 17.9 Å². The fraction of sp³-hybridized carbons (Fsp3) is 0.656. The third kappa shape index (κ3) is 52.9.